The molecule has 5 heteroatoms. The topological polar surface area (TPSA) is 52.0 Å². The fraction of sp³-hybridized carbons (Fsp3) is 0.500. The second kappa shape index (κ2) is 6.43. The molecular formula is C12H17ClN4. The van der Waals surface area contributed by atoms with Crippen molar-refractivity contribution in [1.82, 2.24) is 10.3 Å². The van der Waals surface area contributed by atoms with Crippen molar-refractivity contribution in [3.63, 3.8) is 0 Å². The first kappa shape index (κ1) is 13.8. The van der Waals surface area contributed by atoms with Crippen LogP contribution < -0.4 is 10.2 Å². The zero-order valence-electron chi connectivity index (χ0n) is 9.89. The quantitative estimate of drug-likeness (QED) is 0.868. The lowest BCUT2D eigenvalue weighted by Crippen LogP contribution is -2.41. The van der Waals surface area contributed by atoms with E-state index in [0.29, 0.717) is 11.6 Å². The van der Waals surface area contributed by atoms with Crippen LogP contribution in [0.4, 0.5) is 5.82 Å². The Morgan fingerprint density at radius 3 is 2.82 bits per heavy atom. The molecule has 0 unspecified atom stereocenters. The van der Waals surface area contributed by atoms with Gasteiger partial charge < -0.3 is 10.2 Å². The maximum atomic E-state index is 8.85. The van der Waals surface area contributed by atoms with Gasteiger partial charge in [0.15, 0.2) is 0 Å². The number of halogens is 1. The van der Waals surface area contributed by atoms with Gasteiger partial charge in [-0.05, 0) is 38.1 Å². The van der Waals surface area contributed by atoms with Crippen molar-refractivity contribution in [2.24, 2.45) is 0 Å². The second-order valence-electron chi connectivity index (χ2n) is 4.11. The Labute approximate surface area is 108 Å². The first-order chi connectivity index (χ1) is 7.81. The summed E-state index contributed by atoms with van der Waals surface area (Å²) >= 11 is 0. The molecular weight excluding hydrogens is 236 g/mol. The van der Waals surface area contributed by atoms with Crippen molar-refractivity contribution in [3.05, 3.63) is 23.9 Å². The summed E-state index contributed by atoms with van der Waals surface area (Å²) in [5.41, 5.74) is 0.672. The summed E-state index contributed by atoms with van der Waals surface area (Å²) in [5, 5.41) is 12.2. The lowest BCUT2D eigenvalue weighted by atomic mass is 10.1. The predicted molar refractivity (Wildman–Crippen MR) is 70.5 cm³/mol. The van der Waals surface area contributed by atoms with Gasteiger partial charge in [-0.2, -0.15) is 5.26 Å². The number of hydrogen-bond acceptors (Lipinski definition) is 4. The van der Waals surface area contributed by atoms with Crippen molar-refractivity contribution >= 4 is 18.2 Å². The van der Waals surface area contributed by atoms with E-state index in [1.807, 2.05) is 6.07 Å². The van der Waals surface area contributed by atoms with Crippen molar-refractivity contribution in [3.8, 4) is 6.07 Å². The van der Waals surface area contributed by atoms with Gasteiger partial charge in [-0.1, -0.05) is 0 Å². The van der Waals surface area contributed by atoms with Crippen LogP contribution in [-0.4, -0.2) is 31.2 Å². The van der Waals surface area contributed by atoms with Gasteiger partial charge in [0.1, 0.15) is 5.82 Å². The summed E-state index contributed by atoms with van der Waals surface area (Å²) in [7, 11) is 2.06. The number of anilines is 1. The summed E-state index contributed by atoms with van der Waals surface area (Å²) in [6.45, 7) is 2.12. The minimum Gasteiger partial charge on any atom is -0.357 e. The fourth-order valence-electron chi connectivity index (χ4n) is 2.06. The van der Waals surface area contributed by atoms with Crippen LogP contribution in [0.5, 0.6) is 0 Å². The van der Waals surface area contributed by atoms with Crippen LogP contribution in [0.3, 0.4) is 0 Å². The Kier molecular flexibility index (Phi) is 5.20. The number of nitriles is 1. The normalized spacial score (nSPS) is 15.8. The highest BCUT2D eigenvalue weighted by atomic mass is 35.5. The number of nitrogens with one attached hydrogen (secondary N) is 1. The molecule has 1 aromatic rings. The molecule has 0 amide bonds. The summed E-state index contributed by atoms with van der Waals surface area (Å²) < 4.78 is 0. The maximum absolute atomic E-state index is 8.85. The van der Waals surface area contributed by atoms with Gasteiger partial charge >= 0.3 is 0 Å². The molecule has 2 rings (SSSR count). The number of rotatable bonds is 2. The number of pyridine rings is 1. The van der Waals surface area contributed by atoms with Gasteiger partial charge in [-0.25, -0.2) is 4.98 Å². The molecule has 0 radical (unpaired) electrons. The average molecular weight is 253 g/mol. The Bertz CT molecular complexity index is 396. The highest BCUT2D eigenvalue weighted by molar-refractivity contribution is 5.85. The van der Waals surface area contributed by atoms with Crippen LogP contribution >= 0.6 is 12.4 Å². The summed E-state index contributed by atoms with van der Waals surface area (Å²) in [4.78, 5) is 6.50. The minimum absolute atomic E-state index is 0. The van der Waals surface area contributed by atoms with Crippen molar-refractivity contribution in [2.45, 2.75) is 18.9 Å². The summed E-state index contributed by atoms with van der Waals surface area (Å²) in [6.07, 6.45) is 3.97. The summed E-state index contributed by atoms with van der Waals surface area (Å²) in [5.74, 6) is 0.894. The molecule has 0 atom stereocenters. The summed E-state index contributed by atoms with van der Waals surface area (Å²) in [6, 6.07) is 6.26. The van der Waals surface area contributed by atoms with Crippen LogP contribution in [0, 0.1) is 11.3 Å². The molecule has 1 aliphatic rings. The van der Waals surface area contributed by atoms with E-state index in [4.69, 9.17) is 5.26 Å². The number of hydrogen-bond donors (Lipinski definition) is 1. The van der Waals surface area contributed by atoms with Gasteiger partial charge in [0.05, 0.1) is 11.6 Å². The van der Waals surface area contributed by atoms with E-state index in [1.165, 1.54) is 0 Å². The monoisotopic (exact) mass is 252 g/mol. The fourth-order valence-corrected chi connectivity index (χ4v) is 2.06. The predicted octanol–water partition coefficient (Wildman–Crippen LogP) is 1.56. The highest BCUT2D eigenvalue weighted by Crippen LogP contribution is 2.18. The molecule has 0 saturated carbocycles. The number of aromatic nitrogens is 1. The van der Waals surface area contributed by atoms with E-state index in [9.17, 15) is 0 Å². The highest BCUT2D eigenvalue weighted by Gasteiger charge is 2.18. The number of piperidine rings is 1. The minimum atomic E-state index is 0. The zero-order valence-corrected chi connectivity index (χ0v) is 10.7. The zero-order chi connectivity index (χ0) is 11.4. The molecule has 92 valence electrons. The molecule has 0 aliphatic carbocycles. The van der Waals surface area contributed by atoms with Crippen LogP contribution in [0.15, 0.2) is 18.3 Å². The molecule has 0 bridgehead atoms. The van der Waals surface area contributed by atoms with Crippen molar-refractivity contribution < 1.29 is 0 Å². The van der Waals surface area contributed by atoms with Gasteiger partial charge in [0.2, 0.25) is 0 Å². The Morgan fingerprint density at radius 1 is 1.47 bits per heavy atom. The van der Waals surface area contributed by atoms with E-state index >= 15 is 0 Å². The van der Waals surface area contributed by atoms with Crippen molar-refractivity contribution in [2.75, 3.05) is 25.0 Å². The van der Waals surface area contributed by atoms with E-state index in [-0.39, 0.29) is 12.4 Å². The first-order valence-corrected chi connectivity index (χ1v) is 5.61. The molecule has 0 spiro atoms. The van der Waals surface area contributed by atoms with E-state index in [0.717, 1.165) is 31.7 Å². The second-order valence-corrected chi connectivity index (χ2v) is 4.11. The third kappa shape index (κ3) is 3.32. The Hall–Kier alpha value is -1.31. The number of nitrogens with zero attached hydrogens (tertiary/aromatic N) is 3. The molecule has 17 heavy (non-hydrogen) atoms. The molecule has 4 nitrogen and oxygen atoms in total. The molecule has 1 fully saturated rings. The standard InChI is InChI=1S/C12H16N4.ClH/c1-16(11-3-5-14-6-4-11)12-8-10(9-13)2-7-15-12;/h2,7-8,11,14H,3-6H2,1H3;1H. The Morgan fingerprint density at radius 2 is 2.18 bits per heavy atom. The van der Waals surface area contributed by atoms with Crippen LogP contribution in [0.2, 0.25) is 0 Å². The van der Waals surface area contributed by atoms with Gasteiger partial charge in [0.25, 0.3) is 0 Å². The third-order valence-electron chi connectivity index (χ3n) is 3.09. The first-order valence-electron chi connectivity index (χ1n) is 5.61. The van der Waals surface area contributed by atoms with E-state index in [2.05, 4.69) is 28.3 Å². The molecule has 1 aromatic heterocycles. The lowest BCUT2D eigenvalue weighted by Gasteiger charge is -2.32. The third-order valence-corrected chi connectivity index (χ3v) is 3.09. The molecule has 1 N–H and O–H groups in total. The lowest BCUT2D eigenvalue weighted by molar-refractivity contribution is 0.442. The molecule has 0 aromatic carbocycles. The Balaban J connectivity index is 0.00000144. The maximum Gasteiger partial charge on any atom is 0.129 e. The van der Waals surface area contributed by atoms with Gasteiger partial charge in [-0.3, -0.25) is 0 Å². The van der Waals surface area contributed by atoms with Crippen LogP contribution in [0.1, 0.15) is 18.4 Å². The van der Waals surface area contributed by atoms with Gasteiger partial charge in [0, 0.05) is 19.3 Å². The molecule has 1 saturated heterocycles. The van der Waals surface area contributed by atoms with Crippen LogP contribution in [0.25, 0.3) is 0 Å². The van der Waals surface area contributed by atoms with E-state index in [1.54, 1.807) is 12.3 Å². The van der Waals surface area contributed by atoms with E-state index < -0.39 is 0 Å². The van der Waals surface area contributed by atoms with Crippen molar-refractivity contribution in [1.29, 1.82) is 5.26 Å². The molecule has 1 aliphatic heterocycles. The van der Waals surface area contributed by atoms with Crippen LogP contribution in [-0.2, 0) is 0 Å². The largest absolute Gasteiger partial charge is 0.357 e. The van der Waals surface area contributed by atoms with Gasteiger partial charge in [-0.15, -0.1) is 12.4 Å². The average Bonchev–Trinajstić information content (AvgIpc) is 2.39. The SMILES string of the molecule is CN(c1cc(C#N)ccn1)C1CCNCC1.Cl. The smallest absolute Gasteiger partial charge is 0.129 e. The molecule has 2 heterocycles.